The zero-order valence-corrected chi connectivity index (χ0v) is 19.8. The third kappa shape index (κ3) is 3.58. The Labute approximate surface area is 203 Å². The fraction of sp³-hybridized carbons (Fsp3) is 0.450. The summed E-state index contributed by atoms with van der Waals surface area (Å²) in [6.45, 7) is 1.30. The highest BCUT2D eigenvalue weighted by molar-refractivity contribution is 7.94. The molecule has 0 spiro atoms. The fourth-order valence-electron chi connectivity index (χ4n) is 4.66. The van der Waals surface area contributed by atoms with Gasteiger partial charge in [-0.25, -0.2) is 18.6 Å². The van der Waals surface area contributed by atoms with Crippen molar-refractivity contribution in [2.75, 3.05) is 6.54 Å². The first-order valence-corrected chi connectivity index (χ1v) is 12.4. The summed E-state index contributed by atoms with van der Waals surface area (Å²) in [5, 5.41) is 30.9. The number of aromatic hydroxyl groups is 2. The number of sulfone groups is 1. The molecule has 3 heterocycles. The van der Waals surface area contributed by atoms with Crippen LogP contribution in [0.15, 0.2) is 17.2 Å². The summed E-state index contributed by atoms with van der Waals surface area (Å²) < 4.78 is 23.7. The Morgan fingerprint density at radius 2 is 1.97 bits per heavy atom. The molecule has 35 heavy (non-hydrogen) atoms. The van der Waals surface area contributed by atoms with Crippen LogP contribution in [0.4, 0.5) is 0 Å². The molecule has 4 N–H and O–H groups in total. The summed E-state index contributed by atoms with van der Waals surface area (Å²) in [5.74, 6) is -4.75. The first-order chi connectivity index (χ1) is 16.3. The molecule has 3 amide bonds. The maximum Gasteiger partial charge on any atom is 0.328 e. The van der Waals surface area contributed by atoms with Crippen LogP contribution in [0.5, 0.6) is 11.5 Å². The van der Waals surface area contributed by atoms with Crippen molar-refractivity contribution in [3.8, 4) is 11.5 Å². The lowest BCUT2D eigenvalue weighted by Crippen LogP contribution is -2.57. The monoisotopic (exact) mass is 528 g/mol. The van der Waals surface area contributed by atoms with E-state index in [4.69, 9.17) is 11.6 Å². The van der Waals surface area contributed by atoms with E-state index in [1.807, 2.05) is 0 Å². The normalized spacial score (nSPS) is 29.2. The van der Waals surface area contributed by atoms with Crippen molar-refractivity contribution in [1.82, 2.24) is 15.2 Å². The molecule has 0 saturated carbocycles. The van der Waals surface area contributed by atoms with E-state index in [1.165, 1.54) is 11.0 Å². The van der Waals surface area contributed by atoms with Gasteiger partial charge in [0.05, 0.1) is 17.0 Å². The number of carboxylic acid groups (broad SMARTS) is 1. The number of amides is 3. The van der Waals surface area contributed by atoms with Gasteiger partial charge in [-0.15, -0.1) is 0 Å². The van der Waals surface area contributed by atoms with Crippen LogP contribution in [0.2, 0.25) is 5.02 Å². The number of hydrogen-bond acceptors (Lipinski definition) is 9. The minimum atomic E-state index is -4.14. The van der Waals surface area contributed by atoms with Crippen molar-refractivity contribution in [1.29, 1.82) is 0 Å². The molecule has 3 saturated heterocycles. The number of phenols is 2. The minimum Gasteiger partial charge on any atom is -0.504 e. The van der Waals surface area contributed by atoms with Gasteiger partial charge in [-0.3, -0.25) is 14.4 Å². The number of carbonyl (C=O) groups excluding carboxylic acids is 3. The molecule has 3 fully saturated rings. The summed E-state index contributed by atoms with van der Waals surface area (Å²) in [6, 6.07) is -0.419. The van der Waals surface area contributed by atoms with Gasteiger partial charge in [-0.2, -0.15) is 5.10 Å². The predicted molar refractivity (Wildman–Crippen MR) is 119 cm³/mol. The molecule has 1 unspecified atom stereocenters. The highest BCUT2D eigenvalue weighted by Gasteiger charge is 2.69. The number of carbonyl (C=O) groups is 4. The summed E-state index contributed by atoms with van der Waals surface area (Å²) in [4.78, 5) is 51.3. The molecule has 0 radical (unpaired) electrons. The summed E-state index contributed by atoms with van der Waals surface area (Å²) in [7, 11) is -4.14. The number of rotatable bonds is 5. The third-order valence-electron chi connectivity index (χ3n) is 6.61. The van der Waals surface area contributed by atoms with Crippen LogP contribution in [-0.2, 0) is 24.2 Å². The van der Waals surface area contributed by atoms with E-state index in [-0.39, 0.29) is 30.0 Å². The Morgan fingerprint density at radius 3 is 2.60 bits per heavy atom. The van der Waals surface area contributed by atoms with E-state index in [2.05, 4.69) is 10.5 Å². The van der Waals surface area contributed by atoms with Crippen LogP contribution in [0.3, 0.4) is 0 Å². The number of β-lactam (4-membered cyclic amide) rings is 1. The fourth-order valence-corrected chi connectivity index (χ4v) is 7.11. The standard InChI is InChI=1S/C20H21ClN4O9S/c1-20(16(19(31)32)25-12(27)7-13(25)35(20,33)34)8-22-23-17(29)10-3-2-6-24(10)18(30)9-4-5-11(26)15(28)14(9)21/h4-5,8,10,13,16,26,28H,2-3,6-7H2,1H3,(H,23,29)(H,31,32)/b22-8+/t10?,13-,16+,20+/m1/s1. The molecule has 15 heteroatoms. The number of benzene rings is 1. The second-order valence-corrected chi connectivity index (χ2v) is 11.5. The van der Waals surface area contributed by atoms with Gasteiger partial charge in [0.25, 0.3) is 11.8 Å². The average Bonchev–Trinajstić information content (AvgIpc) is 3.32. The van der Waals surface area contributed by atoms with E-state index >= 15 is 0 Å². The number of fused-ring (bicyclic) bond motifs is 1. The molecule has 1 aromatic carbocycles. The quantitative estimate of drug-likeness (QED) is 0.171. The number of nitrogens with zero attached hydrogens (tertiary/aromatic N) is 3. The first-order valence-electron chi connectivity index (χ1n) is 10.5. The van der Waals surface area contributed by atoms with Gasteiger partial charge >= 0.3 is 5.97 Å². The maximum absolute atomic E-state index is 12.9. The lowest BCUT2D eigenvalue weighted by Gasteiger charge is -2.35. The van der Waals surface area contributed by atoms with Gasteiger partial charge < -0.3 is 25.1 Å². The molecule has 0 bridgehead atoms. The molecule has 13 nitrogen and oxygen atoms in total. The van der Waals surface area contributed by atoms with Crippen molar-refractivity contribution in [2.45, 2.75) is 48.4 Å². The molecule has 3 aliphatic rings. The van der Waals surface area contributed by atoms with Gasteiger partial charge in [-0.05, 0) is 31.9 Å². The highest BCUT2D eigenvalue weighted by atomic mass is 35.5. The molecule has 4 atom stereocenters. The molecular weight excluding hydrogens is 508 g/mol. The number of halogens is 1. The summed E-state index contributed by atoms with van der Waals surface area (Å²) in [5.41, 5.74) is 2.03. The van der Waals surface area contributed by atoms with Crippen LogP contribution in [-0.4, -0.2) is 92.2 Å². The Hall–Kier alpha value is -3.39. The number of aliphatic carboxylic acids is 1. The third-order valence-corrected chi connectivity index (χ3v) is 9.66. The smallest absolute Gasteiger partial charge is 0.328 e. The number of phenolic OH excluding ortho intramolecular Hbond substituents is 2. The molecule has 0 aromatic heterocycles. The van der Waals surface area contributed by atoms with Crippen LogP contribution in [0, 0.1) is 0 Å². The van der Waals surface area contributed by atoms with Gasteiger partial charge in [0.1, 0.15) is 16.2 Å². The van der Waals surface area contributed by atoms with E-state index in [0.29, 0.717) is 6.42 Å². The molecule has 4 rings (SSSR count). The van der Waals surface area contributed by atoms with Crippen LogP contribution in [0.1, 0.15) is 36.5 Å². The zero-order chi connectivity index (χ0) is 25.9. The van der Waals surface area contributed by atoms with Gasteiger partial charge in [0.15, 0.2) is 27.4 Å². The first kappa shape index (κ1) is 24.7. The largest absolute Gasteiger partial charge is 0.504 e. The lowest BCUT2D eigenvalue weighted by molar-refractivity contribution is -0.156. The molecule has 3 aliphatic heterocycles. The SMILES string of the molecule is C[C@]1(/C=N/NC(=O)C2CCCN2C(=O)c2ccc(O)c(O)c2Cl)[C@H](C(=O)O)N2C(=O)C[C@H]2S1(=O)=O. The van der Waals surface area contributed by atoms with Crippen LogP contribution < -0.4 is 5.43 Å². The topological polar surface area (TPSA) is 194 Å². The Morgan fingerprint density at radius 1 is 1.29 bits per heavy atom. The second kappa shape index (κ2) is 8.37. The minimum absolute atomic E-state index is 0.131. The van der Waals surface area contributed by atoms with E-state index in [0.717, 1.165) is 24.1 Å². The summed E-state index contributed by atoms with van der Waals surface area (Å²) >= 11 is 5.96. The number of hydrazone groups is 1. The number of carboxylic acids is 1. The van der Waals surface area contributed by atoms with Crippen molar-refractivity contribution >= 4 is 51.3 Å². The number of hydrogen-bond donors (Lipinski definition) is 4. The van der Waals surface area contributed by atoms with Crippen molar-refractivity contribution < 1.29 is 42.9 Å². The van der Waals surface area contributed by atoms with Crippen molar-refractivity contribution in [2.24, 2.45) is 5.10 Å². The Bertz CT molecular complexity index is 1280. The van der Waals surface area contributed by atoms with E-state index in [1.54, 1.807) is 0 Å². The molecule has 0 aliphatic carbocycles. The number of nitrogens with one attached hydrogen (secondary N) is 1. The van der Waals surface area contributed by atoms with Crippen molar-refractivity contribution in [3.05, 3.63) is 22.7 Å². The molecular formula is C20H21ClN4O9S. The van der Waals surface area contributed by atoms with E-state index in [9.17, 15) is 42.9 Å². The number of likely N-dealkylation sites (tertiary alicyclic amines) is 1. The summed E-state index contributed by atoms with van der Waals surface area (Å²) in [6.07, 6.45) is 1.19. The predicted octanol–water partition coefficient (Wildman–Crippen LogP) is -0.344. The van der Waals surface area contributed by atoms with E-state index < -0.39 is 67.2 Å². The average molecular weight is 529 g/mol. The molecule has 188 valence electrons. The van der Waals surface area contributed by atoms with Crippen molar-refractivity contribution in [3.63, 3.8) is 0 Å². The molecule has 1 aromatic rings. The lowest BCUT2D eigenvalue weighted by atomic mass is 9.97. The Balaban J connectivity index is 1.52. The zero-order valence-electron chi connectivity index (χ0n) is 18.2. The maximum atomic E-state index is 12.9. The highest BCUT2D eigenvalue weighted by Crippen LogP contribution is 2.45. The second-order valence-electron chi connectivity index (χ2n) is 8.62. The van der Waals surface area contributed by atoms with Gasteiger partial charge in [0.2, 0.25) is 5.91 Å². The van der Waals surface area contributed by atoms with Gasteiger partial charge in [0, 0.05) is 12.8 Å². The van der Waals surface area contributed by atoms with Crippen LogP contribution >= 0.6 is 11.6 Å². The van der Waals surface area contributed by atoms with Gasteiger partial charge in [-0.1, -0.05) is 11.6 Å². The van der Waals surface area contributed by atoms with Crippen LogP contribution in [0.25, 0.3) is 0 Å². The Kier molecular flexibility index (Phi) is 5.92.